The molecule has 16 heavy (non-hydrogen) atoms. The predicted molar refractivity (Wildman–Crippen MR) is 66.2 cm³/mol. The molecule has 0 radical (unpaired) electrons. The summed E-state index contributed by atoms with van der Waals surface area (Å²) < 4.78 is 6.25. The molecule has 2 aliphatic carbocycles. The van der Waals surface area contributed by atoms with Gasteiger partial charge in [-0.3, -0.25) is 0 Å². The molecule has 0 amide bonds. The molecule has 4 atom stereocenters. The number of hydrogen-bond donors (Lipinski definition) is 0. The first-order chi connectivity index (χ1) is 7.90. The summed E-state index contributed by atoms with van der Waals surface area (Å²) in [6.07, 6.45) is 14.7. The molecule has 2 fully saturated rings. The number of hydrogen-bond acceptors (Lipinski definition) is 1. The van der Waals surface area contributed by atoms with Crippen molar-refractivity contribution in [3.63, 3.8) is 0 Å². The Labute approximate surface area is 98.6 Å². The summed E-state index contributed by atoms with van der Waals surface area (Å²) in [6.45, 7) is 3.96. The lowest BCUT2D eigenvalue weighted by Gasteiger charge is -2.46. The Morgan fingerprint density at radius 2 is 1.94 bits per heavy atom. The second-order valence-electron chi connectivity index (χ2n) is 5.51. The quantitative estimate of drug-likeness (QED) is 0.607. The summed E-state index contributed by atoms with van der Waals surface area (Å²) in [6, 6.07) is 0. The van der Waals surface area contributed by atoms with Gasteiger partial charge in [0.2, 0.25) is 0 Å². The van der Waals surface area contributed by atoms with Crippen LogP contribution < -0.4 is 0 Å². The lowest BCUT2D eigenvalue weighted by atomic mass is 9.69. The molecule has 0 bridgehead atoms. The van der Waals surface area contributed by atoms with Crippen LogP contribution in [0.5, 0.6) is 0 Å². The van der Waals surface area contributed by atoms with Crippen molar-refractivity contribution in [3.8, 4) is 0 Å². The molecule has 3 rings (SSSR count). The average molecular weight is 218 g/mol. The minimum atomic E-state index is 0.297. The van der Waals surface area contributed by atoms with Crippen LogP contribution in [-0.4, -0.2) is 12.2 Å². The van der Waals surface area contributed by atoms with E-state index in [2.05, 4.69) is 12.7 Å². The van der Waals surface area contributed by atoms with Crippen molar-refractivity contribution in [1.82, 2.24) is 0 Å². The molecule has 0 aromatic heterocycles. The minimum Gasteiger partial charge on any atom is -0.370 e. The monoisotopic (exact) mass is 218 g/mol. The van der Waals surface area contributed by atoms with E-state index in [0.717, 1.165) is 5.92 Å². The number of fused-ring (bicyclic) bond motifs is 3. The van der Waals surface area contributed by atoms with E-state index in [0.29, 0.717) is 18.1 Å². The third-order valence-corrected chi connectivity index (χ3v) is 4.62. The van der Waals surface area contributed by atoms with Crippen molar-refractivity contribution >= 4 is 0 Å². The van der Waals surface area contributed by atoms with Crippen LogP contribution in [0, 0.1) is 11.8 Å². The van der Waals surface area contributed by atoms with E-state index in [9.17, 15) is 0 Å². The Morgan fingerprint density at radius 1 is 1.12 bits per heavy atom. The van der Waals surface area contributed by atoms with Crippen molar-refractivity contribution in [3.05, 3.63) is 24.3 Å². The van der Waals surface area contributed by atoms with Gasteiger partial charge in [-0.1, -0.05) is 30.6 Å². The average Bonchev–Trinajstić information content (AvgIpc) is 2.38. The van der Waals surface area contributed by atoms with Gasteiger partial charge in [0, 0.05) is 11.8 Å². The highest BCUT2D eigenvalue weighted by atomic mass is 16.5. The van der Waals surface area contributed by atoms with Crippen molar-refractivity contribution in [1.29, 1.82) is 0 Å². The largest absolute Gasteiger partial charge is 0.370 e. The van der Waals surface area contributed by atoms with E-state index in [-0.39, 0.29) is 0 Å². The normalized spacial score (nSPS) is 42.9. The van der Waals surface area contributed by atoms with Crippen LogP contribution >= 0.6 is 0 Å². The molecule has 1 nitrogen and oxygen atoms in total. The molecule has 0 aromatic carbocycles. The highest BCUT2D eigenvalue weighted by molar-refractivity contribution is 5.22. The van der Waals surface area contributed by atoms with Crippen LogP contribution in [0.1, 0.15) is 44.9 Å². The first-order valence-corrected chi connectivity index (χ1v) is 6.88. The third-order valence-electron chi connectivity index (χ3n) is 4.62. The molecule has 1 saturated heterocycles. The molecule has 0 N–H and O–H groups in total. The zero-order valence-electron chi connectivity index (χ0n) is 10.0. The molecule has 0 aromatic rings. The van der Waals surface area contributed by atoms with Crippen LogP contribution in [0.4, 0.5) is 0 Å². The Balaban J connectivity index is 1.89. The second-order valence-corrected chi connectivity index (χ2v) is 5.51. The van der Waals surface area contributed by atoms with Gasteiger partial charge in [0.1, 0.15) is 0 Å². The van der Waals surface area contributed by atoms with E-state index < -0.39 is 0 Å². The standard InChI is InChI=1S/C15H22O/c1-2-14-12-8-4-3-7-11(12)13-9-5-6-10-15(13)16-14/h2,7,12-15H,1,3-6,8-10H2. The molecular formula is C15H22O. The maximum absolute atomic E-state index is 6.25. The zero-order chi connectivity index (χ0) is 11.0. The topological polar surface area (TPSA) is 9.23 Å². The van der Waals surface area contributed by atoms with Crippen LogP contribution in [0.3, 0.4) is 0 Å². The lowest BCUT2D eigenvalue weighted by molar-refractivity contribution is -0.0824. The SMILES string of the molecule is C=CC1OC2CCCCC2C2=CCCCC21. The predicted octanol–water partition coefficient (Wildman–Crippen LogP) is 3.86. The van der Waals surface area contributed by atoms with E-state index in [1.165, 1.54) is 44.9 Å². The third kappa shape index (κ3) is 1.66. The van der Waals surface area contributed by atoms with Gasteiger partial charge in [0.25, 0.3) is 0 Å². The van der Waals surface area contributed by atoms with Crippen molar-refractivity contribution in [2.24, 2.45) is 11.8 Å². The van der Waals surface area contributed by atoms with Gasteiger partial charge in [0.15, 0.2) is 0 Å². The summed E-state index contributed by atoms with van der Waals surface area (Å²) in [7, 11) is 0. The number of ether oxygens (including phenoxy) is 1. The molecule has 1 heteroatoms. The molecule has 0 spiro atoms. The fraction of sp³-hybridized carbons (Fsp3) is 0.733. The van der Waals surface area contributed by atoms with E-state index in [1.807, 2.05) is 6.08 Å². The second kappa shape index (κ2) is 4.37. The smallest absolute Gasteiger partial charge is 0.0822 e. The van der Waals surface area contributed by atoms with E-state index in [1.54, 1.807) is 5.57 Å². The first-order valence-electron chi connectivity index (χ1n) is 6.88. The van der Waals surface area contributed by atoms with Crippen molar-refractivity contribution in [2.75, 3.05) is 0 Å². The van der Waals surface area contributed by atoms with Crippen molar-refractivity contribution in [2.45, 2.75) is 57.2 Å². The molecule has 1 aliphatic heterocycles. The Morgan fingerprint density at radius 3 is 2.81 bits per heavy atom. The Hall–Kier alpha value is -0.560. The van der Waals surface area contributed by atoms with Gasteiger partial charge in [-0.05, 0) is 32.1 Å². The summed E-state index contributed by atoms with van der Waals surface area (Å²) in [5, 5.41) is 0. The van der Waals surface area contributed by atoms with Crippen molar-refractivity contribution < 1.29 is 4.74 Å². The van der Waals surface area contributed by atoms with Gasteiger partial charge in [-0.2, -0.15) is 0 Å². The number of allylic oxidation sites excluding steroid dienone is 1. The van der Waals surface area contributed by atoms with E-state index in [4.69, 9.17) is 4.74 Å². The van der Waals surface area contributed by atoms with Gasteiger partial charge in [-0.25, -0.2) is 0 Å². The maximum Gasteiger partial charge on any atom is 0.0822 e. The molecular weight excluding hydrogens is 196 g/mol. The van der Waals surface area contributed by atoms with Crippen LogP contribution in [0.2, 0.25) is 0 Å². The molecule has 88 valence electrons. The fourth-order valence-electron chi connectivity index (χ4n) is 3.86. The summed E-state index contributed by atoms with van der Waals surface area (Å²) in [5.41, 5.74) is 1.73. The van der Waals surface area contributed by atoms with Gasteiger partial charge in [0.05, 0.1) is 12.2 Å². The number of rotatable bonds is 1. The minimum absolute atomic E-state index is 0.297. The summed E-state index contributed by atoms with van der Waals surface area (Å²) in [5.74, 6) is 1.40. The fourth-order valence-corrected chi connectivity index (χ4v) is 3.86. The Kier molecular flexibility index (Phi) is 2.89. The Bertz CT molecular complexity index is 305. The first kappa shape index (κ1) is 10.6. The zero-order valence-corrected chi connectivity index (χ0v) is 10.0. The van der Waals surface area contributed by atoms with Crippen LogP contribution in [0.25, 0.3) is 0 Å². The van der Waals surface area contributed by atoms with Gasteiger partial charge >= 0.3 is 0 Å². The van der Waals surface area contributed by atoms with Gasteiger partial charge < -0.3 is 4.74 Å². The van der Waals surface area contributed by atoms with E-state index >= 15 is 0 Å². The summed E-state index contributed by atoms with van der Waals surface area (Å²) >= 11 is 0. The molecule has 1 heterocycles. The highest BCUT2D eigenvalue weighted by Gasteiger charge is 2.41. The highest BCUT2D eigenvalue weighted by Crippen LogP contribution is 2.46. The molecule has 1 saturated carbocycles. The van der Waals surface area contributed by atoms with Gasteiger partial charge in [-0.15, -0.1) is 6.58 Å². The summed E-state index contributed by atoms with van der Waals surface area (Å²) in [4.78, 5) is 0. The molecule has 4 unspecified atom stereocenters. The molecule has 3 aliphatic rings. The van der Waals surface area contributed by atoms with Crippen LogP contribution in [0.15, 0.2) is 24.3 Å². The lowest BCUT2D eigenvalue weighted by Crippen LogP contribution is -2.44. The van der Waals surface area contributed by atoms with Crippen LogP contribution in [-0.2, 0) is 4.74 Å². The maximum atomic E-state index is 6.25.